The molecule has 0 aromatic heterocycles. The van der Waals surface area contributed by atoms with Gasteiger partial charge in [-0.05, 0) is 37.2 Å². The Morgan fingerprint density at radius 1 is 1.53 bits per heavy atom. The Labute approximate surface area is 105 Å². The third-order valence-electron chi connectivity index (χ3n) is 3.08. The smallest absolute Gasteiger partial charge is 0.222 e. The second-order valence-electron chi connectivity index (χ2n) is 4.27. The number of thioether (sulfide) groups is 1. The third-order valence-corrected chi connectivity index (χ3v) is 5.07. The van der Waals surface area contributed by atoms with Gasteiger partial charge in [-0.3, -0.25) is 4.79 Å². The Morgan fingerprint density at radius 3 is 2.67 bits per heavy atom. The lowest BCUT2D eigenvalue weighted by atomic mass is 9.98. The maximum atomic E-state index is 11.9. The van der Waals surface area contributed by atoms with E-state index in [-0.39, 0.29) is 0 Å². The molecule has 0 bridgehead atoms. The highest BCUT2D eigenvalue weighted by Crippen LogP contribution is 2.25. The average molecular weight is 294 g/mol. The molecule has 1 unspecified atom stereocenters. The van der Waals surface area contributed by atoms with Gasteiger partial charge in [0.1, 0.15) is 0 Å². The van der Waals surface area contributed by atoms with Gasteiger partial charge in [-0.1, -0.05) is 15.9 Å². The van der Waals surface area contributed by atoms with E-state index in [1.165, 1.54) is 24.3 Å². The molecule has 1 saturated heterocycles. The average Bonchev–Trinajstić information content (AvgIpc) is 2.28. The van der Waals surface area contributed by atoms with E-state index in [1.807, 2.05) is 23.7 Å². The van der Waals surface area contributed by atoms with E-state index in [2.05, 4.69) is 22.9 Å². The molecule has 0 spiro atoms. The van der Waals surface area contributed by atoms with Crippen LogP contribution in [-0.2, 0) is 4.79 Å². The first-order valence-electron chi connectivity index (χ1n) is 5.54. The van der Waals surface area contributed by atoms with Crippen LogP contribution in [0.25, 0.3) is 0 Å². The zero-order chi connectivity index (χ0) is 11.3. The summed E-state index contributed by atoms with van der Waals surface area (Å²) >= 11 is 5.42. The lowest BCUT2D eigenvalue weighted by molar-refractivity contribution is -0.132. The van der Waals surface area contributed by atoms with Gasteiger partial charge < -0.3 is 4.90 Å². The van der Waals surface area contributed by atoms with E-state index < -0.39 is 0 Å². The van der Waals surface area contributed by atoms with Gasteiger partial charge in [-0.15, -0.1) is 0 Å². The minimum Gasteiger partial charge on any atom is -0.342 e. The number of nitrogens with zero attached hydrogens (tertiary/aromatic N) is 1. The number of hydrogen-bond donors (Lipinski definition) is 0. The molecule has 0 aromatic carbocycles. The van der Waals surface area contributed by atoms with Crippen LogP contribution in [0.5, 0.6) is 0 Å². The Morgan fingerprint density at radius 2 is 2.13 bits per heavy atom. The first-order valence-corrected chi connectivity index (χ1v) is 7.82. The maximum absolute atomic E-state index is 11.9. The van der Waals surface area contributed by atoms with Crippen LogP contribution < -0.4 is 0 Å². The van der Waals surface area contributed by atoms with Crippen LogP contribution in [0.3, 0.4) is 0 Å². The zero-order valence-corrected chi connectivity index (χ0v) is 11.9. The molecule has 1 amide bonds. The first kappa shape index (κ1) is 13.4. The fraction of sp³-hybridized carbons (Fsp3) is 0.909. The standard InChI is InChI=1S/C11H20BrNOS/c1-9(8-12)13(2)11(14)7-10-3-5-15-6-4-10/h9-10H,3-8H2,1-2H3. The molecule has 1 rings (SSSR count). The van der Waals surface area contributed by atoms with Gasteiger partial charge in [0.05, 0.1) is 0 Å². The Bertz CT molecular complexity index is 207. The van der Waals surface area contributed by atoms with Gasteiger partial charge in [-0.25, -0.2) is 0 Å². The summed E-state index contributed by atoms with van der Waals surface area (Å²) < 4.78 is 0. The van der Waals surface area contributed by atoms with Crippen molar-refractivity contribution in [3.63, 3.8) is 0 Å². The molecule has 4 heteroatoms. The lowest BCUT2D eigenvalue weighted by Gasteiger charge is -2.27. The molecule has 0 N–H and O–H groups in total. The van der Waals surface area contributed by atoms with E-state index in [9.17, 15) is 4.79 Å². The second-order valence-corrected chi connectivity index (χ2v) is 6.14. The summed E-state index contributed by atoms with van der Waals surface area (Å²) in [7, 11) is 1.91. The van der Waals surface area contributed by atoms with Gasteiger partial charge in [0, 0.05) is 24.8 Å². The Hall–Kier alpha value is 0.300. The predicted octanol–water partition coefficient (Wildman–Crippen LogP) is 2.76. The lowest BCUT2D eigenvalue weighted by Crippen LogP contribution is -2.37. The molecule has 15 heavy (non-hydrogen) atoms. The summed E-state index contributed by atoms with van der Waals surface area (Å²) in [6.45, 7) is 2.07. The number of alkyl halides is 1. The van der Waals surface area contributed by atoms with Crippen LogP contribution in [0.1, 0.15) is 26.2 Å². The minimum atomic E-state index is 0.301. The van der Waals surface area contributed by atoms with Crippen LogP contribution in [-0.4, -0.2) is 40.7 Å². The summed E-state index contributed by atoms with van der Waals surface area (Å²) in [5.41, 5.74) is 0. The highest BCUT2D eigenvalue weighted by atomic mass is 79.9. The van der Waals surface area contributed by atoms with Crippen LogP contribution in [0, 0.1) is 5.92 Å². The highest BCUT2D eigenvalue weighted by Gasteiger charge is 2.21. The number of amides is 1. The monoisotopic (exact) mass is 293 g/mol. The van der Waals surface area contributed by atoms with Gasteiger partial charge in [-0.2, -0.15) is 11.8 Å². The van der Waals surface area contributed by atoms with E-state index in [0.717, 1.165) is 11.8 Å². The molecule has 2 nitrogen and oxygen atoms in total. The van der Waals surface area contributed by atoms with Crippen molar-refractivity contribution in [2.45, 2.75) is 32.2 Å². The third kappa shape index (κ3) is 4.35. The maximum Gasteiger partial charge on any atom is 0.222 e. The molecule has 0 radical (unpaired) electrons. The molecule has 1 heterocycles. The minimum absolute atomic E-state index is 0.301. The Balaban J connectivity index is 2.33. The van der Waals surface area contributed by atoms with Gasteiger partial charge in [0.25, 0.3) is 0 Å². The summed E-state index contributed by atoms with van der Waals surface area (Å²) in [5, 5.41) is 0.857. The summed E-state index contributed by atoms with van der Waals surface area (Å²) in [6.07, 6.45) is 3.17. The molecule has 1 atom stereocenters. The quantitative estimate of drug-likeness (QED) is 0.743. The highest BCUT2D eigenvalue weighted by molar-refractivity contribution is 9.09. The number of carbonyl (C=O) groups is 1. The molecule has 0 saturated carbocycles. The van der Waals surface area contributed by atoms with Gasteiger partial charge in [0.15, 0.2) is 0 Å². The van der Waals surface area contributed by atoms with E-state index in [0.29, 0.717) is 17.9 Å². The largest absolute Gasteiger partial charge is 0.342 e. The van der Waals surface area contributed by atoms with Crippen LogP contribution in [0.2, 0.25) is 0 Å². The molecule has 1 aliphatic heterocycles. The van der Waals surface area contributed by atoms with Crippen molar-refractivity contribution in [2.24, 2.45) is 5.92 Å². The molecule has 88 valence electrons. The fourth-order valence-electron chi connectivity index (χ4n) is 1.69. The summed E-state index contributed by atoms with van der Waals surface area (Å²) in [5.74, 6) is 3.40. The number of rotatable bonds is 4. The molecule has 1 fully saturated rings. The van der Waals surface area contributed by atoms with Crippen LogP contribution in [0.15, 0.2) is 0 Å². The number of hydrogen-bond acceptors (Lipinski definition) is 2. The predicted molar refractivity (Wildman–Crippen MR) is 70.7 cm³/mol. The van der Waals surface area contributed by atoms with Gasteiger partial charge >= 0.3 is 0 Å². The first-order chi connectivity index (χ1) is 7.15. The van der Waals surface area contributed by atoms with E-state index in [4.69, 9.17) is 0 Å². The van der Waals surface area contributed by atoms with E-state index >= 15 is 0 Å². The fourth-order valence-corrected chi connectivity index (χ4v) is 3.33. The summed E-state index contributed by atoms with van der Waals surface area (Å²) in [4.78, 5) is 13.8. The molecule has 1 aliphatic rings. The van der Waals surface area contributed by atoms with Crippen molar-refractivity contribution in [3.8, 4) is 0 Å². The number of halogens is 1. The normalized spacial score (nSPS) is 19.9. The van der Waals surface area contributed by atoms with Crippen molar-refractivity contribution in [1.29, 1.82) is 0 Å². The molecule has 0 aliphatic carbocycles. The van der Waals surface area contributed by atoms with Crippen LogP contribution >= 0.6 is 27.7 Å². The zero-order valence-electron chi connectivity index (χ0n) is 9.54. The van der Waals surface area contributed by atoms with E-state index in [1.54, 1.807) is 0 Å². The topological polar surface area (TPSA) is 20.3 Å². The molecular formula is C11H20BrNOS. The number of carbonyl (C=O) groups excluding carboxylic acids is 1. The van der Waals surface area contributed by atoms with Crippen molar-refractivity contribution >= 4 is 33.6 Å². The molecule has 0 aromatic rings. The van der Waals surface area contributed by atoms with Gasteiger partial charge in [0.2, 0.25) is 5.91 Å². The summed E-state index contributed by atoms with van der Waals surface area (Å²) in [6, 6.07) is 0.301. The van der Waals surface area contributed by atoms with Crippen molar-refractivity contribution in [2.75, 3.05) is 23.9 Å². The van der Waals surface area contributed by atoms with Crippen molar-refractivity contribution in [1.82, 2.24) is 4.90 Å². The second kappa shape index (κ2) is 6.79. The SMILES string of the molecule is CC(CBr)N(C)C(=O)CC1CCSCC1. The van der Waals surface area contributed by atoms with Crippen molar-refractivity contribution in [3.05, 3.63) is 0 Å². The molecular weight excluding hydrogens is 274 g/mol. The van der Waals surface area contributed by atoms with Crippen molar-refractivity contribution < 1.29 is 4.79 Å². The van der Waals surface area contributed by atoms with Crippen LogP contribution in [0.4, 0.5) is 0 Å². The Kier molecular flexibility index (Phi) is 6.05.